The fourth-order valence-electron chi connectivity index (χ4n) is 7.62. The molecule has 3 heteroatoms. The van der Waals surface area contributed by atoms with Gasteiger partial charge in [-0.05, 0) is 55.3 Å². The highest BCUT2D eigenvalue weighted by atomic mass is 16.3. The second-order valence-corrected chi connectivity index (χ2v) is 9.58. The van der Waals surface area contributed by atoms with E-state index in [2.05, 4.69) is 39.0 Å². The molecule has 3 saturated carbocycles. The molecule has 0 aromatic heterocycles. The average molecular weight is 344 g/mol. The third kappa shape index (κ3) is 2.28. The summed E-state index contributed by atoms with van der Waals surface area (Å²) in [6, 6.07) is 0. The number of Topliss-reactive ketones (excluding diaryl/α,β-unsaturated/α-hetero) is 1. The molecule has 0 bridgehead atoms. The standard InChI is InChI=1S/C22H32O3/c1-13-10-16-15-8-7-14-6-4-5-9-21(14,2)20(15)17(24)11-22(16,3)19(13)18(25)12-23/h5-6,9,13,15-17,19-20,23-24H,4,7-8,10-12H2,1-3H3. The van der Waals surface area contributed by atoms with Crippen LogP contribution in [0.15, 0.2) is 23.8 Å². The van der Waals surface area contributed by atoms with Crippen molar-refractivity contribution in [1.82, 2.24) is 0 Å². The number of carbonyl (C=O) groups excluding carboxylic acids is 1. The van der Waals surface area contributed by atoms with Crippen LogP contribution >= 0.6 is 0 Å². The van der Waals surface area contributed by atoms with Crippen LogP contribution in [0.1, 0.15) is 52.9 Å². The molecule has 0 heterocycles. The first kappa shape index (κ1) is 17.5. The summed E-state index contributed by atoms with van der Waals surface area (Å²) in [4.78, 5) is 12.5. The zero-order valence-corrected chi connectivity index (χ0v) is 15.7. The lowest BCUT2D eigenvalue weighted by Crippen LogP contribution is -2.56. The SMILES string of the molecule is CC1CC2C3CCC4=CCC=CC4(C)C3C(O)CC2(C)C1C(=O)CO. The van der Waals surface area contributed by atoms with Crippen molar-refractivity contribution < 1.29 is 15.0 Å². The molecule has 4 aliphatic carbocycles. The molecule has 0 radical (unpaired) electrons. The van der Waals surface area contributed by atoms with Crippen molar-refractivity contribution in [2.45, 2.75) is 59.0 Å². The normalized spacial score (nSPS) is 51.3. The molecule has 0 saturated heterocycles. The Morgan fingerprint density at radius 3 is 2.84 bits per heavy atom. The number of rotatable bonds is 2. The van der Waals surface area contributed by atoms with Gasteiger partial charge in [-0.25, -0.2) is 0 Å². The number of fused-ring (bicyclic) bond motifs is 5. The molecule has 3 fully saturated rings. The maximum absolute atomic E-state index is 12.5. The van der Waals surface area contributed by atoms with E-state index in [9.17, 15) is 15.0 Å². The van der Waals surface area contributed by atoms with Crippen LogP contribution in [0, 0.1) is 40.4 Å². The number of hydrogen-bond acceptors (Lipinski definition) is 3. The summed E-state index contributed by atoms with van der Waals surface area (Å²) < 4.78 is 0. The minimum Gasteiger partial charge on any atom is -0.393 e. The van der Waals surface area contributed by atoms with Crippen LogP contribution < -0.4 is 0 Å². The molecular weight excluding hydrogens is 312 g/mol. The topological polar surface area (TPSA) is 57.5 Å². The molecule has 138 valence electrons. The zero-order valence-electron chi connectivity index (χ0n) is 15.7. The van der Waals surface area contributed by atoms with Gasteiger partial charge in [-0.3, -0.25) is 4.79 Å². The lowest BCUT2D eigenvalue weighted by atomic mass is 9.46. The summed E-state index contributed by atoms with van der Waals surface area (Å²) in [6.45, 7) is 6.32. The summed E-state index contributed by atoms with van der Waals surface area (Å²) in [6.07, 6.45) is 11.6. The minimum atomic E-state index is -0.373. The molecular formula is C22H32O3. The van der Waals surface area contributed by atoms with Crippen molar-refractivity contribution in [3.8, 4) is 0 Å². The van der Waals surface area contributed by atoms with Gasteiger partial charge in [0.05, 0.1) is 6.10 Å². The summed E-state index contributed by atoms with van der Waals surface area (Å²) in [5.41, 5.74) is 1.31. The van der Waals surface area contributed by atoms with E-state index in [1.54, 1.807) is 0 Å². The maximum atomic E-state index is 12.5. The Morgan fingerprint density at radius 1 is 1.36 bits per heavy atom. The number of aliphatic hydroxyl groups excluding tert-OH is 2. The second kappa shape index (κ2) is 5.79. The molecule has 3 nitrogen and oxygen atoms in total. The van der Waals surface area contributed by atoms with Crippen LogP contribution in [-0.2, 0) is 4.79 Å². The van der Waals surface area contributed by atoms with Gasteiger partial charge in [0, 0.05) is 17.3 Å². The van der Waals surface area contributed by atoms with E-state index in [1.165, 1.54) is 5.57 Å². The molecule has 0 aromatic rings. The van der Waals surface area contributed by atoms with Gasteiger partial charge < -0.3 is 10.2 Å². The van der Waals surface area contributed by atoms with Gasteiger partial charge in [-0.15, -0.1) is 0 Å². The lowest BCUT2D eigenvalue weighted by Gasteiger charge is -2.58. The van der Waals surface area contributed by atoms with Crippen molar-refractivity contribution >= 4 is 5.78 Å². The fraction of sp³-hybridized carbons (Fsp3) is 0.773. The second-order valence-electron chi connectivity index (χ2n) is 9.58. The van der Waals surface area contributed by atoms with Crippen LogP contribution in [0.4, 0.5) is 0 Å². The van der Waals surface area contributed by atoms with E-state index >= 15 is 0 Å². The van der Waals surface area contributed by atoms with E-state index < -0.39 is 0 Å². The van der Waals surface area contributed by atoms with Crippen molar-refractivity contribution in [2.24, 2.45) is 40.4 Å². The Hall–Kier alpha value is -0.930. The predicted molar refractivity (Wildman–Crippen MR) is 97.7 cm³/mol. The third-order valence-electron chi connectivity index (χ3n) is 8.39. The van der Waals surface area contributed by atoms with Crippen molar-refractivity contribution in [3.05, 3.63) is 23.8 Å². The third-order valence-corrected chi connectivity index (χ3v) is 8.39. The van der Waals surface area contributed by atoms with Gasteiger partial charge in [0.15, 0.2) is 5.78 Å². The Kier molecular flexibility index (Phi) is 4.05. The van der Waals surface area contributed by atoms with Crippen molar-refractivity contribution in [2.75, 3.05) is 6.61 Å². The summed E-state index contributed by atoms with van der Waals surface area (Å²) >= 11 is 0. The average Bonchev–Trinajstić information content (AvgIpc) is 2.83. The van der Waals surface area contributed by atoms with Gasteiger partial charge in [-0.2, -0.15) is 0 Å². The highest BCUT2D eigenvalue weighted by Crippen LogP contribution is 2.67. The lowest BCUT2D eigenvalue weighted by molar-refractivity contribution is -0.142. The molecule has 8 unspecified atom stereocenters. The first-order valence-corrected chi connectivity index (χ1v) is 10.0. The first-order chi connectivity index (χ1) is 11.8. The molecule has 4 rings (SSSR count). The van der Waals surface area contributed by atoms with Gasteiger partial charge in [0.2, 0.25) is 0 Å². The molecule has 0 aromatic carbocycles. The highest BCUT2D eigenvalue weighted by Gasteiger charge is 2.63. The number of carbonyl (C=O) groups is 1. The summed E-state index contributed by atoms with van der Waals surface area (Å²) in [5.74, 6) is 1.38. The molecule has 4 aliphatic rings. The van der Waals surface area contributed by atoms with Gasteiger partial charge in [-0.1, -0.05) is 44.6 Å². The van der Waals surface area contributed by atoms with Gasteiger partial charge >= 0.3 is 0 Å². The van der Waals surface area contributed by atoms with Crippen molar-refractivity contribution in [3.63, 3.8) is 0 Å². The molecule has 0 aliphatic heterocycles. The Morgan fingerprint density at radius 2 is 2.12 bits per heavy atom. The molecule has 0 amide bonds. The van der Waals surface area contributed by atoms with Gasteiger partial charge in [0.25, 0.3) is 0 Å². The van der Waals surface area contributed by atoms with E-state index in [4.69, 9.17) is 0 Å². The van der Waals surface area contributed by atoms with Crippen LogP contribution in [0.3, 0.4) is 0 Å². The largest absolute Gasteiger partial charge is 0.393 e. The van der Waals surface area contributed by atoms with E-state index in [0.717, 1.165) is 25.7 Å². The minimum absolute atomic E-state index is 0.0236. The Balaban J connectivity index is 1.73. The van der Waals surface area contributed by atoms with Crippen LogP contribution in [-0.4, -0.2) is 28.7 Å². The van der Waals surface area contributed by atoms with Crippen molar-refractivity contribution in [1.29, 1.82) is 0 Å². The molecule has 2 N–H and O–H groups in total. The zero-order chi connectivity index (χ0) is 18.0. The number of allylic oxidation sites excluding steroid dienone is 4. The van der Waals surface area contributed by atoms with E-state index in [-0.39, 0.29) is 41.2 Å². The molecule has 25 heavy (non-hydrogen) atoms. The van der Waals surface area contributed by atoms with Crippen LogP contribution in [0.2, 0.25) is 0 Å². The number of hydrogen-bond donors (Lipinski definition) is 2. The number of ketones is 1. The highest BCUT2D eigenvalue weighted by molar-refractivity contribution is 5.83. The Bertz CT molecular complexity index is 635. The molecule has 0 spiro atoms. The quantitative estimate of drug-likeness (QED) is 0.754. The summed E-state index contributed by atoms with van der Waals surface area (Å²) in [7, 11) is 0. The summed E-state index contributed by atoms with van der Waals surface area (Å²) in [5, 5.41) is 20.7. The molecule has 8 atom stereocenters. The van der Waals surface area contributed by atoms with Crippen LogP contribution in [0.5, 0.6) is 0 Å². The monoisotopic (exact) mass is 344 g/mol. The maximum Gasteiger partial charge on any atom is 0.162 e. The first-order valence-electron chi connectivity index (χ1n) is 10.0. The van der Waals surface area contributed by atoms with E-state index in [0.29, 0.717) is 24.2 Å². The number of aliphatic hydroxyl groups is 2. The van der Waals surface area contributed by atoms with Crippen LogP contribution in [0.25, 0.3) is 0 Å². The predicted octanol–water partition coefficient (Wildman–Crippen LogP) is 3.51. The Labute approximate surface area is 151 Å². The smallest absolute Gasteiger partial charge is 0.162 e. The fourth-order valence-corrected chi connectivity index (χ4v) is 7.62. The van der Waals surface area contributed by atoms with Gasteiger partial charge in [0.1, 0.15) is 6.61 Å². The van der Waals surface area contributed by atoms with E-state index in [1.807, 2.05) is 0 Å².